The standard InChI is InChI=1S/C15H20F3O5P/c16-15(17,18)23-24(19,20)21-10-4-6-12-5-3-9-14(11-12)22-13-7-1-2-8-13/h3,5,9,11,13H,1-2,4,6-8,10H2,(H,19,20). The third-order valence-electron chi connectivity index (χ3n) is 3.59. The summed E-state index contributed by atoms with van der Waals surface area (Å²) >= 11 is 0. The molecule has 1 N–H and O–H groups in total. The van der Waals surface area contributed by atoms with E-state index in [1.807, 2.05) is 24.3 Å². The van der Waals surface area contributed by atoms with E-state index in [0.29, 0.717) is 6.42 Å². The Morgan fingerprint density at radius 3 is 2.62 bits per heavy atom. The number of halogens is 3. The van der Waals surface area contributed by atoms with Crippen molar-refractivity contribution in [3.05, 3.63) is 29.8 Å². The molecule has 0 aromatic heterocycles. The molecule has 1 saturated carbocycles. The van der Waals surface area contributed by atoms with Gasteiger partial charge in [0.2, 0.25) is 0 Å². The molecule has 1 aromatic carbocycles. The lowest BCUT2D eigenvalue weighted by atomic mass is 10.1. The molecule has 136 valence electrons. The molecule has 0 amide bonds. The number of phosphoric ester groups is 1. The second-order valence-corrected chi connectivity index (χ2v) is 6.99. The number of benzene rings is 1. The summed E-state index contributed by atoms with van der Waals surface area (Å²) in [6.45, 7) is -0.322. The highest BCUT2D eigenvalue weighted by molar-refractivity contribution is 7.47. The number of aryl methyl sites for hydroxylation is 1. The SMILES string of the molecule is O=P(O)(OCCCc1cccc(OC2CCCC2)c1)OC(F)(F)F. The highest BCUT2D eigenvalue weighted by atomic mass is 31.2. The van der Waals surface area contributed by atoms with Gasteiger partial charge in [-0.1, -0.05) is 12.1 Å². The van der Waals surface area contributed by atoms with Gasteiger partial charge in [-0.05, 0) is 56.2 Å². The first-order valence-corrected chi connectivity index (χ1v) is 9.23. The fraction of sp³-hybridized carbons (Fsp3) is 0.600. The number of hydrogen-bond donors (Lipinski definition) is 1. The van der Waals surface area contributed by atoms with Crippen LogP contribution in [-0.2, 0) is 20.0 Å². The largest absolute Gasteiger partial charge is 0.531 e. The van der Waals surface area contributed by atoms with Crippen LogP contribution in [0.4, 0.5) is 13.2 Å². The minimum absolute atomic E-state index is 0.239. The number of hydrogen-bond acceptors (Lipinski definition) is 4. The smallest absolute Gasteiger partial charge is 0.490 e. The Morgan fingerprint density at radius 2 is 1.96 bits per heavy atom. The molecule has 0 aliphatic heterocycles. The molecule has 1 unspecified atom stereocenters. The maximum absolute atomic E-state index is 11.9. The van der Waals surface area contributed by atoms with Crippen LogP contribution < -0.4 is 4.74 Å². The molecule has 5 nitrogen and oxygen atoms in total. The molecule has 1 fully saturated rings. The quantitative estimate of drug-likeness (QED) is 0.537. The minimum Gasteiger partial charge on any atom is -0.490 e. The number of alkyl halides is 3. The Bertz CT molecular complexity index is 572. The Morgan fingerprint density at radius 1 is 1.25 bits per heavy atom. The van der Waals surface area contributed by atoms with Gasteiger partial charge < -0.3 is 9.63 Å². The summed E-state index contributed by atoms with van der Waals surface area (Å²) in [6.07, 6.45) is 0.212. The first kappa shape index (κ1) is 19.2. The topological polar surface area (TPSA) is 65.0 Å². The molecule has 0 heterocycles. The van der Waals surface area contributed by atoms with E-state index >= 15 is 0 Å². The van der Waals surface area contributed by atoms with E-state index in [2.05, 4.69) is 9.05 Å². The monoisotopic (exact) mass is 368 g/mol. The van der Waals surface area contributed by atoms with Crippen molar-refractivity contribution in [2.45, 2.75) is 51.0 Å². The summed E-state index contributed by atoms with van der Waals surface area (Å²) in [7, 11) is -5.11. The fourth-order valence-corrected chi connectivity index (χ4v) is 3.26. The molecule has 1 aromatic rings. The second-order valence-electron chi connectivity index (χ2n) is 5.61. The Kier molecular flexibility index (Phi) is 6.69. The summed E-state index contributed by atoms with van der Waals surface area (Å²) in [5, 5.41) is 0. The normalized spacial score (nSPS) is 18.5. The van der Waals surface area contributed by atoms with Crippen molar-refractivity contribution in [2.75, 3.05) is 6.61 Å². The molecule has 0 radical (unpaired) electrons. The summed E-state index contributed by atoms with van der Waals surface area (Å²) < 4.78 is 59.9. The lowest BCUT2D eigenvalue weighted by Gasteiger charge is -2.14. The van der Waals surface area contributed by atoms with Gasteiger partial charge in [-0.2, -0.15) is 4.52 Å². The predicted octanol–water partition coefficient (Wildman–Crippen LogP) is 4.59. The molecule has 2 rings (SSSR count). The highest BCUT2D eigenvalue weighted by Gasteiger charge is 2.40. The Hall–Kier alpha value is -1.08. The van der Waals surface area contributed by atoms with Gasteiger partial charge in [-0.3, -0.25) is 4.52 Å². The van der Waals surface area contributed by atoms with Crippen molar-refractivity contribution in [2.24, 2.45) is 0 Å². The van der Waals surface area contributed by atoms with Gasteiger partial charge in [0.1, 0.15) is 5.75 Å². The van der Waals surface area contributed by atoms with Crippen molar-refractivity contribution in [3.8, 4) is 5.75 Å². The second kappa shape index (κ2) is 8.34. The van der Waals surface area contributed by atoms with Gasteiger partial charge in [-0.25, -0.2) is 4.57 Å². The van der Waals surface area contributed by atoms with E-state index in [9.17, 15) is 17.7 Å². The van der Waals surface area contributed by atoms with Gasteiger partial charge in [0.25, 0.3) is 0 Å². The van der Waals surface area contributed by atoms with Crippen molar-refractivity contribution < 1.29 is 36.4 Å². The molecular formula is C15H20F3O5P. The van der Waals surface area contributed by atoms with Crippen LogP contribution in [0.5, 0.6) is 5.75 Å². The van der Waals surface area contributed by atoms with Crippen molar-refractivity contribution in [3.63, 3.8) is 0 Å². The lowest BCUT2D eigenvalue weighted by Crippen LogP contribution is -2.12. The van der Waals surface area contributed by atoms with Crippen LogP contribution in [-0.4, -0.2) is 24.0 Å². The summed E-state index contributed by atoms with van der Waals surface area (Å²) in [6, 6.07) is 7.41. The average Bonchev–Trinajstić information content (AvgIpc) is 2.94. The summed E-state index contributed by atoms with van der Waals surface area (Å²) in [5.41, 5.74) is 0.915. The molecule has 0 bridgehead atoms. The highest BCUT2D eigenvalue weighted by Crippen LogP contribution is 2.48. The van der Waals surface area contributed by atoms with E-state index in [1.54, 1.807) is 0 Å². The average molecular weight is 368 g/mol. The molecule has 0 spiro atoms. The van der Waals surface area contributed by atoms with E-state index in [-0.39, 0.29) is 19.1 Å². The summed E-state index contributed by atoms with van der Waals surface area (Å²) in [4.78, 5) is 8.92. The molecular weight excluding hydrogens is 348 g/mol. The van der Waals surface area contributed by atoms with Gasteiger partial charge in [0, 0.05) is 0 Å². The first-order chi connectivity index (χ1) is 11.2. The third-order valence-corrected chi connectivity index (χ3v) is 4.53. The first-order valence-electron chi connectivity index (χ1n) is 7.74. The molecule has 1 aliphatic rings. The lowest BCUT2D eigenvalue weighted by molar-refractivity contribution is -0.282. The van der Waals surface area contributed by atoms with Crippen molar-refractivity contribution in [1.82, 2.24) is 0 Å². The van der Waals surface area contributed by atoms with Crippen molar-refractivity contribution in [1.29, 1.82) is 0 Å². The Balaban J connectivity index is 1.75. The number of ether oxygens (including phenoxy) is 1. The maximum atomic E-state index is 11.9. The predicted molar refractivity (Wildman–Crippen MR) is 80.6 cm³/mol. The van der Waals surface area contributed by atoms with Crippen LogP contribution in [0.25, 0.3) is 0 Å². The van der Waals surface area contributed by atoms with E-state index < -0.39 is 14.2 Å². The van der Waals surface area contributed by atoms with Crippen LogP contribution in [0.15, 0.2) is 24.3 Å². The summed E-state index contributed by atoms with van der Waals surface area (Å²) in [5.74, 6) is 0.758. The van der Waals surface area contributed by atoms with Crippen molar-refractivity contribution >= 4 is 7.82 Å². The van der Waals surface area contributed by atoms with Crippen LogP contribution in [0.2, 0.25) is 0 Å². The van der Waals surface area contributed by atoms with Crippen LogP contribution in [0, 0.1) is 0 Å². The third kappa shape index (κ3) is 7.21. The number of phosphoric acid groups is 1. The fourth-order valence-electron chi connectivity index (χ4n) is 2.59. The van der Waals surface area contributed by atoms with Gasteiger partial charge >= 0.3 is 14.2 Å². The van der Waals surface area contributed by atoms with Crippen LogP contribution >= 0.6 is 7.82 Å². The van der Waals surface area contributed by atoms with Crippen LogP contribution in [0.3, 0.4) is 0 Å². The molecule has 1 atom stereocenters. The molecule has 24 heavy (non-hydrogen) atoms. The van der Waals surface area contributed by atoms with E-state index in [4.69, 9.17) is 9.63 Å². The Labute approximate surface area is 138 Å². The minimum atomic E-state index is -5.21. The van der Waals surface area contributed by atoms with Gasteiger partial charge in [-0.15, -0.1) is 13.2 Å². The number of rotatable bonds is 8. The van der Waals surface area contributed by atoms with E-state index in [0.717, 1.165) is 24.2 Å². The maximum Gasteiger partial charge on any atom is 0.531 e. The zero-order valence-electron chi connectivity index (χ0n) is 13.0. The molecule has 9 heteroatoms. The molecule has 0 saturated heterocycles. The zero-order chi connectivity index (χ0) is 17.6. The zero-order valence-corrected chi connectivity index (χ0v) is 13.9. The van der Waals surface area contributed by atoms with Gasteiger partial charge in [0.05, 0.1) is 12.7 Å². The van der Waals surface area contributed by atoms with E-state index in [1.165, 1.54) is 12.8 Å². The van der Waals surface area contributed by atoms with Crippen LogP contribution in [0.1, 0.15) is 37.7 Å². The molecule has 1 aliphatic carbocycles. The van der Waals surface area contributed by atoms with Gasteiger partial charge in [0.15, 0.2) is 0 Å².